The lowest BCUT2D eigenvalue weighted by molar-refractivity contribution is 0.339. The number of nitrogens with two attached hydrogens (primary N) is 1. The first kappa shape index (κ1) is 15.3. The van der Waals surface area contributed by atoms with Gasteiger partial charge >= 0.3 is 0 Å². The average molecular weight is 298 g/mol. The summed E-state index contributed by atoms with van der Waals surface area (Å²) in [6, 6.07) is 6.52. The van der Waals surface area contributed by atoms with Gasteiger partial charge in [0.1, 0.15) is 5.75 Å². The molecule has 0 aliphatic heterocycles. The first-order chi connectivity index (χ1) is 9.56. The fourth-order valence-electron chi connectivity index (χ4n) is 2.64. The summed E-state index contributed by atoms with van der Waals surface area (Å²) in [6.45, 7) is 2.89. The quantitative estimate of drug-likeness (QED) is 0.833. The summed E-state index contributed by atoms with van der Waals surface area (Å²) in [5.74, 6) is 0.803. The lowest BCUT2D eigenvalue weighted by Gasteiger charge is -2.19. The van der Waals surface area contributed by atoms with Gasteiger partial charge in [-0.05, 0) is 44.4 Å². The van der Waals surface area contributed by atoms with Gasteiger partial charge in [-0.3, -0.25) is 0 Å². The Hall–Kier alpha value is -1.11. The fourth-order valence-corrected chi connectivity index (χ4v) is 4.01. The van der Waals surface area contributed by atoms with Gasteiger partial charge in [-0.15, -0.1) is 0 Å². The third-order valence-electron chi connectivity index (χ3n) is 3.70. The first-order valence-corrected chi connectivity index (χ1v) is 8.50. The average Bonchev–Trinajstić information content (AvgIpc) is 2.86. The molecule has 0 spiro atoms. The second kappa shape index (κ2) is 6.56. The highest BCUT2D eigenvalue weighted by molar-refractivity contribution is 7.89. The third-order valence-corrected chi connectivity index (χ3v) is 5.18. The van der Waals surface area contributed by atoms with Crippen LogP contribution in [0.1, 0.15) is 26.2 Å². The largest absolute Gasteiger partial charge is 0.494 e. The van der Waals surface area contributed by atoms with E-state index in [4.69, 9.17) is 10.5 Å². The summed E-state index contributed by atoms with van der Waals surface area (Å²) in [6.07, 6.45) is 2.86. The van der Waals surface area contributed by atoms with Gasteiger partial charge in [0.2, 0.25) is 10.0 Å². The fraction of sp³-hybridized carbons (Fsp3) is 0.571. The van der Waals surface area contributed by atoms with E-state index in [1.165, 1.54) is 0 Å². The van der Waals surface area contributed by atoms with Gasteiger partial charge in [0.05, 0.1) is 11.5 Å². The van der Waals surface area contributed by atoms with E-state index in [2.05, 4.69) is 4.72 Å². The van der Waals surface area contributed by atoms with E-state index < -0.39 is 10.0 Å². The minimum Gasteiger partial charge on any atom is -0.494 e. The van der Waals surface area contributed by atoms with Crippen molar-refractivity contribution >= 4 is 10.0 Å². The molecule has 6 heteroatoms. The Bertz CT molecular complexity index is 545. The summed E-state index contributed by atoms with van der Waals surface area (Å²) in [5.41, 5.74) is 5.69. The molecule has 0 bridgehead atoms. The van der Waals surface area contributed by atoms with Crippen molar-refractivity contribution in [3.05, 3.63) is 24.3 Å². The predicted octanol–water partition coefficient (Wildman–Crippen LogP) is 1.49. The lowest BCUT2D eigenvalue weighted by atomic mass is 10.1. The summed E-state index contributed by atoms with van der Waals surface area (Å²) in [4.78, 5) is 0.242. The van der Waals surface area contributed by atoms with E-state index in [0.29, 0.717) is 18.9 Å². The molecule has 1 aliphatic rings. The van der Waals surface area contributed by atoms with E-state index in [-0.39, 0.29) is 16.9 Å². The molecular weight excluding hydrogens is 276 g/mol. The van der Waals surface area contributed by atoms with Gasteiger partial charge in [0, 0.05) is 12.1 Å². The molecular formula is C14H22N2O3S. The van der Waals surface area contributed by atoms with Crippen molar-refractivity contribution in [1.82, 2.24) is 4.72 Å². The van der Waals surface area contributed by atoms with E-state index >= 15 is 0 Å². The second-order valence-corrected chi connectivity index (χ2v) is 6.78. The van der Waals surface area contributed by atoms with Crippen molar-refractivity contribution in [2.75, 3.05) is 13.2 Å². The summed E-state index contributed by atoms with van der Waals surface area (Å²) < 4.78 is 32.9. The van der Waals surface area contributed by atoms with Crippen molar-refractivity contribution in [2.24, 2.45) is 11.7 Å². The van der Waals surface area contributed by atoms with Crippen molar-refractivity contribution in [2.45, 2.75) is 37.1 Å². The molecule has 20 heavy (non-hydrogen) atoms. The molecule has 0 saturated heterocycles. The van der Waals surface area contributed by atoms with Crippen molar-refractivity contribution in [3.63, 3.8) is 0 Å². The Labute approximate surface area is 120 Å². The number of nitrogens with one attached hydrogen (secondary N) is 1. The normalized spacial score (nSPS) is 22.9. The summed E-state index contributed by atoms with van der Waals surface area (Å²) in [5, 5.41) is 0. The Balaban J connectivity index is 2.15. The molecule has 0 amide bonds. The van der Waals surface area contributed by atoms with Crippen LogP contribution in [0.5, 0.6) is 5.75 Å². The maximum Gasteiger partial charge on any atom is 0.240 e. The standard InChI is InChI=1S/C14H22N2O3S/c1-2-19-12-6-4-7-13(9-12)20(17,18)16-14-8-3-5-11(14)10-15/h4,6-7,9,11,14,16H,2-3,5,8,10,15H2,1H3. The lowest BCUT2D eigenvalue weighted by Crippen LogP contribution is -2.39. The highest BCUT2D eigenvalue weighted by Gasteiger charge is 2.30. The minimum absolute atomic E-state index is 0.0549. The Kier molecular flexibility index (Phi) is 5.01. The minimum atomic E-state index is -3.51. The number of ether oxygens (including phenoxy) is 1. The van der Waals surface area contributed by atoms with Crippen molar-refractivity contribution in [3.8, 4) is 5.75 Å². The topological polar surface area (TPSA) is 81.4 Å². The highest BCUT2D eigenvalue weighted by atomic mass is 32.2. The molecule has 2 atom stereocenters. The molecule has 112 valence electrons. The number of hydrogen-bond donors (Lipinski definition) is 2. The van der Waals surface area contributed by atoms with Crippen LogP contribution in [0.25, 0.3) is 0 Å². The maximum absolute atomic E-state index is 12.4. The molecule has 3 N–H and O–H groups in total. The number of sulfonamides is 1. The Morgan fingerprint density at radius 2 is 2.20 bits per heavy atom. The van der Waals surface area contributed by atoms with Crippen LogP contribution < -0.4 is 15.2 Å². The van der Waals surface area contributed by atoms with Gasteiger partial charge in [-0.25, -0.2) is 13.1 Å². The predicted molar refractivity (Wildman–Crippen MR) is 78.1 cm³/mol. The van der Waals surface area contributed by atoms with Crippen LogP contribution in [0, 0.1) is 5.92 Å². The number of benzene rings is 1. The van der Waals surface area contributed by atoms with E-state index in [1.807, 2.05) is 6.92 Å². The van der Waals surface area contributed by atoms with Gasteiger partial charge in [0.15, 0.2) is 0 Å². The van der Waals surface area contributed by atoms with Crippen molar-refractivity contribution < 1.29 is 13.2 Å². The molecule has 0 aromatic heterocycles. The molecule has 2 unspecified atom stereocenters. The molecule has 1 saturated carbocycles. The van der Waals surface area contributed by atoms with Crippen LogP contribution in [0.2, 0.25) is 0 Å². The molecule has 1 fully saturated rings. The monoisotopic (exact) mass is 298 g/mol. The van der Waals surface area contributed by atoms with Gasteiger partial charge in [-0.1, -0.05) is 12.5 Å². The van der Waals surface area contributed by atoms with Crippen LogP contribution in [-0.2, 0) is 10.0 Å². The summed E-state index contributed by atoms with van der Waals surface area (Å²) in [7, 11) is -3.51. The first-order valence-electron chi connectivity index (χ1n) is 7.02. The molecule has 5 nitrogen and oxygen atoms in total. The number of hydrogen-bond acceptors (Lipinski definition) is 4. The molecule has 1 aromatic rings. The Morgan fingerprint density at radius 3 is 2.90 bits per heavy atom. The van der Waals surface area contributed by atoms with Crippen molar-refractivity contribution in [1.29, 1.82) is 0 Å². The van der Waals surface area contributed by atoms with E-state index in [0.717, 1.165) is 19.3 Å². The maximum atomic E-state index is 12.4. The van der Waals surface area contributed by atoms with Crippen LogP contribution >= 0.6 is 0 Å². The zero-order valence-corrected chi connectivity index (χ0v) is 12.5. The van der Waals surface area contributed by atoms with Gasteiger partial charge in [-0.2, -0.15) is 0 Å². The highest BCUT2D eigenvalue weighted by Crippen LogP contribution is 2.26. The smallest absolute Gasteiger partial charge is 0.240 e. The molecule has 1 aromatic carbocycles. The zero-order chi connectivity index (χ0) is 14.6. The molecule has 0 heterocycles. The van der Waals surface area contributed by atoms with Crippen LogP contribution in [0.15, 0.2) is 29.2 Å². The molecule has 2 rings (SSSR count). The Morgan fingerprint density at radius 1 is 1.40 bits per heavy atom. The van der Waals surface area contributed by atoms with E-state index in [9.17, 15) is 8.42 Å². The van der Waals surface area contributed by atoms with E-state index in [1.54, 1.807) is 24.3 Å². The van der Waals surface area contributed by atoms with Gasteiger partial charge < -0.3 is 10.5 Å². The number of rotatable bonds is 6. The van der Waals surface area contributed by atoms with Crippen LogP contribution in [0.4, 0.5) is 0 Å². The van der Waals surface area contributed by atoms with Crippen LogP contribution in [0.3, 0.4) is 0 Å². The third kappa shape index (κ3) is 3.50. The van der Waals surface area contributed by atoms with Crippen LogP contribution in [-0.4, -0.2) is 27.6 Å². The SMILES string of the molecule is CCOc1cccc(S(=O)(=O)NC2CCCC2CN)c1. The zero-order valence-electron chi connectivity index (χ0n) is 11.7. The molecule has 1 aliphatic carbocycles. The van der Waals surface area contributed by atoms with Gasteiger partial charge in [0.25, 0.3) is 0 Å². The second-order valence-electron chi connectivity index (χ2n) is 5.06. The molecule has 0 radical (unpaired) electrons. The summed E-state index contributed by atoms with van der Waals surface area (Å²) >= 11 is 0.